The molecule has 0 saturated carbocycles. The molecule has 1 heterocycles. The van der Waals surface area contributed by atoms with Gasteiger partial charge < -0.3 is 4.90 Å². The highest BCUT2D eigenvalue weighted by Gasteiger charge is 2.14. The van der Waals surface area contributed by atoms with Crippen molar-refractivity contribution < 1.29 is 0 Å². The highest BCUT2D eigenvalue weighted by molar-refractivity contribution is 6.01. The molecule has 1 aromatic rings. The third-order valence-corrected chi connectivity index (χ3v) is 3.03. The fourth-order valence-corrected chi connectivity index (χ4v) is 2.13. The van der Waals surface area contributed by atoms with Gasteiger partial charge in [-0.05, 0) is 37.4 Å². The first-order chi connectivity index (χ1) is 7.74. The molecule has 16 heavy (non-hydrogen) atoms. The van der Waals surface area contributed by atoms with Crippen LogP contribution >= 0.6 is 0 Å². The summed E-state index contributed by atoms with van der Waals surface area (Å²) in [6.07, 6.45) is 1.13. The number of aliphatic imine (C=N–C) groups is 2. The summed E-state index contributed by atoms with van der Waals surface area (Å²) in [4.78, 5) is 10.4. The molecule has 1 aromatic carbocycles. The summed E-state index contributed by atoms with van der Waals surface area (Å²) in [6, 6.07) is 6.46. The topological polar surface area (TPSA) is 28.0 Å². The molecule has 0 spiro atoms. The van der Waals surface area contributed by atoms with Crippen molar-refractivity contribution in [3.05, 3.63) is 34.9 Å². The van der Waals surface area contributed by atoms with E-state index in [9.17, 15) is 0 Å². The van der Waals surface area contributed by atoms with Crippen LogP contribution in [0.15, 0.2) is 28.2 Å². The Hall–Kier alpha value is -1.48. The lowest BCUT2D eigenvalue weighted by atomic mass is 9.97. The van der Waals surface area contributed by atoms with E-state index in [2.05, 4.69) is 46.8 Å². The lowest BCUT2D eigenvalue weighted by molar-refractivity contribution is 0.313. The van der Waals surface area contributed by atoms with Crippen LogP contribution in [0.2, 0.25) is 0 Å². The second-order valence-electron chi connectivity index (χ2n) is 4.18. The Morgan fingerprint density at radius 2 is 2.19 bits per heavy atom. The molecule has 0 fully saturated rings. The van der Waals surface area contributed by atoms with Crippen LogP contribution in [0, 0.1) is 0 Å². The van der Waals surface area contributed by atoms with Crippen LogP contribution in [-0.2, 0) is 13.0 Å². The number of benzene rings is 1. The van der Waals surface area contributed by atoms with Gasteiger partial charge in [0.05, 0.1) is 0 Å². The molecule has 3 heteroatoms. The molecule has 0 aliphatic carbocycles. The molecular formula is C13H17N3. The van der Waals surface area contributed by atoms with Crippen molar-refractivity contribution in [3.8, 4) is 0 Å². The highest BCUT2D eigenvalue weighted by atomic mass is 15.1. The average molecular weight is 215 g/mol. The van der Waals surface area contributed by atoms with Crippen LogP contribution in [0.1, 0.15) is 16.7 Å². The molecule has 3 nitrogen and oxygen atoms in total. The van der Waals surface area contributed by atoms with Crippen LogP contribution in [-0.4, -0.2) is 38.1 Å². The van der Waals surface area contributed by atoms with Crippen molar-refractivity contribution in [2.45, 2.75) is 13.0 Å². The zero-order valence-electron chi connectivity index (χ0n) is 9.90. The molecule has 0 atom stereocenters. The van der Waals surface area contributed by atoms with Gasteiger partial charge in [-0.15, -0.1) is 0 Å². The zero-order chi connectivity index (χ0) is 11.5. The summed E-state index contributed by atoms with van der Waals surface area (Å²) < 4.78 is 0. The summed E-state index contributed by atoms with van der Waals surface area (Å²) in [5.41, 5.74) is 3.89. The van der Waals surface area contributed by atoms with E-state index in [0.29, 0.717) is 0 Å². The van der Waals surface area contributed by atoms with Crippen LogP contribution in [0.25, 0.3) is 0 Å². The van der Waals surface area contributed by atoms with E-state index in [1.54, 1.807) is 7.05 Å². The molecule has 0 amide bonds. The van der Waals surface area contributed by atoms with Crippen LogP contribution in [0.5, 0.6) is 0 Å². The second-order valence-corrected chi connectivity index (χ2v) is 4.18. The molecule has 0 N–H and O–H groups in total. The number of nitrogens with zero attached hydrogens (tertiary/aromatic N) is 3. The lowest BCUT2D eigenvalue weighted by Gasteiger charge is -2.25. The first-order valence-corrected chi connectivity index (χ1v) is 5.49. The van der Waals surface area contributed by atoms with Gasteiger partial charge in [0.15, 0.2) is 5.84 Å². The molecule has 1 aliphatic heterocycles. The first-order valence-electron chi connectivity index (χ1n) is 5.49. The number of rotatable bonds is 1. The van der Waals surface area contributed by atoms with Gasteiger partial charge in [-0.3, -0.25) is 4.99 Å². The van der Waals surface area contributed by atoms with E-state index in [1.165, 1.54) is 11.1 Å². The predicted molar refractivity (Wildman–Crippen MR) is 68.5 cm³/mol. The maximum absolute atomic E-state index is 4.12. The van der Waals surface area contributed by atoms with E-state index in [4.69, 9.17) is 0 Å². The molecule has 0 radical (unpaired) electrons. The summed E-state index contributed by atoms with van der Waals surface area (Å²) in [7, 11) is 3.89. The Kier molecular flexibility index (Phi) is 3.15. The van der Waals surface area contributed by atoms with Crippen molar-refractivity contribution in [2.24, 2.45) is 9.98 Å². The van der Waals surface area contributed by atoms with Gasteiger partial charge in [0.1, 0.15) is 0 Å². The van der Waals surface area contributed by atoms with Crippen LogP contribution in [0.4, 0.5) is 0 Å². The van der Waals surface area contributed by atoms with Crippen molar-refractivity contribution in [1.82, 2.24) is 4.90 Å². The number of amidine groups is 1. The maximum atomic E-state index is 4.12. The summed E-state index contributed by atoms with van der Waals surface area (Å²) in [5, 5.41) is 0. The molecule has 0 aromatic heterocycles. The summed E-state index contributed by atoms with van der Waals surface area (Å²) in [6.45, 7) is 5.69. The maximum Gasteiger partial charge on any atom is 0.153 e. The summed E-state index contributed by atoms with van der Waals surface area (Å²) in [5.74, 6) is 0.719. The fraction of sp³-hybridized carbons (Fsp3) is 0.385. The van der Waals surface area contributed by atoms with E-state index in [1.807, 2.05) is 0 Å². The number of fused-ring (bicyclic) bond motifs is 1. The van der Waals surface area contributed by atoms with Gasteiger partial charge in [-0.25, -0.2) is 4.99 Å². The summed E-state index contributed by atoms with van der Waals surface area (Å²) >= 11 is 0. The minimum Gasteiger partial charge on any atom is -0.302 e. The lowest BCUT2D eigenvalue weighted by Crippen LogP contribution is -2.26. The fourth-order valence-electron chi connectivity index (χ4n) is 2.13. The highest BCUT2D eigenvalue weighted by Crippen LogP contribution is 2.19. The van der Waals surface area contributed by atoms with Gasteiger partial charge >= 0.3 is 0 Å². The van der Waals surface area contributed by atoms with Crippen molar-refractivity contribution >= 4 is 12.6 Å². The quantitative estimate of drug-likeness (QED) is 0.518. The van der Waals surface area contributed by atoms with Gasteiger partial charge in [0.25, 0.3) is 0 Å². The molecule has 0 saturated heterocycles. The normalized spacial score (nSPS) is 17.0. The van der Waals surface area contributed by atoms with Crippen LogP contribution < -0.4 is 0 Å². The van der Waals surface area contributed by atoms with E-state index in [-0.39, 0.29) is 0 Å². The minimum atomic E-state index is 0.719. The third-order valence-electron chi connectivity index (χ3n) is 3.03. The number of hydrogen-bond donors (Lipinski definition) is 0. The Morgan fingerprint density at radius 1 is 1.38 bits per heavy atom. The Morgan fingerprint density at radius 3 is 2.88 bits per heavy atom. The third kappa shape index (κ3) is 2.04. The van der Waals surface area contributed by atoms with Crippen molar-refractivity contribution in [1.29, 1.82) is 0 Å². The SMILES string of the molecule is C=NC(=NC)c1ccc2c(c1)CN(C)CC2. The molecule has 2 rings (SSSR count). The van der Waals surface area contributed by atoms with E-state index >= 15 is 0 Å². The molecule has 0 unspecified atom stereocenters. The minimum absolute atomic E-state index is 0.719. The largest absolute Gasteiger partial charge is 0.302 e. The Bertz CT molecular complexity index is 435. The number of likely N-dealkylation sites (N-methyl/N-ethyl adjacent to an activating group) is 1. The van der Waals surface area contributed by atoms with Crippen molar-refractivity contribution in [2.75, 3.05) is 20.6 Å². The number of hydrogen-bond acceptors (Lipinski definition) is 2. The molecule has 1 aliphatic rings. The van der Waals surface area contributed by atoms with Crippen LogP contribution in [0.3, 0.4) is 0 Å². The first kappa shape index (κ1) is 11.0. The standard InChI is InChI=1S/C13H17N3/c1-14-13(15-2)11-5-4-10-6-7-16(3)9-12(10)8-11/h4-5,8H,1,6-7,9H2,2-3H3. The van der Waals surface area contributed by atoms with Gasteiger partial charge in [0, 0.05) is 25.7 Å². The molecule has 84 valence electrons. The Balaban J connectivity index is 2.38. The average Bonchev–Trinajstić information content (AvgIpc) is 2.30. The Labute approximate surface area is 96.5 Å². The van der Waals surface area contributed by atoms with E-state index < -0.39 is 0 Å². The van der Waals surface area contributed by atoms with Gasteiger partial charge in [-0.2, -0.15) is 0 Å². The van der Waals surface area contributed by atoms with Crippen molar-refractivity contribution in [3.63, 3.8) is 0 Å². The predicted octanol–water partition coefficient (Wildman–Crippen LogP) is 1.75. The monoisotopic (exact) mass is 215 g/mol. The second kappa shape index (κ2) is 4.58. The van der Waals surface area contributed by atoms with Gasteiger partial charge in [-0.1, -0.05) is 12.1 Å². The molecule has 0 bridgehead atoms. The smallest absolute Gasteiger partial charge is 0.153 e. The van der Waals surface area contributed by atoms with Gasteiger partial charge in [0.2, 0.25) is 0 Å². The van der Waals surface area contributed by atoms with E-state index in [0.717, 1.165) is 30.9 Å². The molecular weight excluding hydrogens is 198 g/mol. The zero-order valence-corrected chi connectivity index (χ0v) is 9.90.